The molecule has 0 radical (unpaired) electrons. The maximum atomic E-state index is 13.9. The summed E-state index contributed by atoms with van der Waals surface area (Å²) < 4.78 is 53.8. The number of alkyl halides is 1. The largest absolute Gasteiger partial charge is 0.469 e. The van der Waals surface area contributed by atoms with Crippen LogP contribution in [0, 0.1) is 5.92 Å². The summed E-state index contributed by atoms with van der Waals surface area (Å²) in [5.74, 6) is -9.04. The van der Waals surface area contributed by atoms with E-state index >= 15 is 0 Å². The molecule has 71 heavy (non-hydrogen) atoms. The molecule has 1 aromatic rings. The second-order valence-corrected chi connectivity index (χ2v) is 15.6. The zero-order valence-electron chi connectivity index (χ0n) is 41.3. The monoisotopic (exact) mass is 1020 g/mol. The Morgan fingerprint density at radius 3 is 1.62 bits per heavy atom. The van der Waals surface area contributed by atoms with E-state index in [9.17, 15) is 52.3 Å². The van der Waals surface area contributed by atoms with Crippen LogP contribution in [0.1, 0.15) is 65.0 Å². The van der Waals surface area contributed by atoms with E-state index in [1.165, 1.54) is 20.2 Å². The molecule has 6 N–H and O–H groups in total. The number of hydrogen-bond donors (Lipinski definition) is 6. The number of nitrogens with zero attached hydrogens (tertiary/aromatic N) is 3. The Labute approximate surface area is 410 Å². The number of aryl methyl sites for hydroxylation is 1. The van der Waals surface area contributed by atoms with Crippen LogP contribution in [0.5, 0.6) is 0 Å². The predicted octanol–water partition coefficient (Wildman–Crippen LogP) is -2.89. The number of halogens is 1. The fourth-order valence-corrected chi connectivity index (χ4v) is 5.84. The average molecular weight is 1020 g/mol. The topological polar surface area (TPSA) is 347 Å². The van der Waals surface area contributed by atoms with Crippen molar-refractivity contribution in [1.29, 1.82) is 0 Å². The Bertz CT molecular complexity index is 1850. The standard InChI is InChI=1S/C43H70FN9O18/c1-27(2)38(50-40(60)30(10-11-34(55)64-4)48-42(62)31(23-36(57)66-6)47-33(54)26-53-25-29(51-52-53)9-8-13-44)43(63)49-32(24-37(58)67-7)41(61)46-28(3)39(59)45-14-16-69-18-20-71-22-21-70-19-17-68-15-12-35(56)65-5/h25,27-28,30-32,38H,8-24,26H2,1-7H3,(H,45,59)(H,46,61)(H,47,54)(H,48,62)(H,49,63)(H,50,60)/t28-,30?,31-,32?,38-/m0/s1. The van der Waals surface area contributed by atoms with Crippen LogP contribution in [0.3, 0.4) is 0 Å². The molecule has 1 rings (SSSR count). The normalized spacial score (nSPS) is 13.0. The van der Waals surface area contributed by atoms with Crippen molar-refractivity contribution in [3.63, 3.8) is 0 Å². The molecule has 0 aliphatic heterocycles. The number of aromatic nitrogens is 3. The van der Waals surface area contributed by atoms with Crippen LogP contribution in [-0.4, -0.2) is 199 Å². The van der Waals surface area contributed by atoms with Gasteiger partial charge in [-0.25, -0.2) is 4.68 Å². The van der Waals surface area contributed by atoms with E-state index in [-0.39, 0.29) is 64.6 Å². The number of ether oxygens (including phenoxy) is 8. The molecule has 0 aliphatic carbocycles. The summed E-state index contributed by atoms with van der Waals surface area (Å²) in [6.07, 6.45) is -0.157. The lowest BCUT2D eigenvalue weighted by atomic mass is 10.0. The van der Waals surface area contributed by atoms with Gasteiger partial charge in [-0.1, -0.05) is 19.1 Å². The van der Waals surface area contributed by atoms with Crippen molar-refractivity contribution in [3.05, 3.63) is 11.9 Å². The molecule has 0 bridgehead atoms. The van der Waals surface area contributed by atoms with Crippen LogP contribution in [-0.2, 0) is 98.8 Å². The second-order valence-electron chi connectivity index (χ2n) is 15.6. The summed E-state index contributed by atoms with van der Waals surface area (Å²) in [4.78, 5) is 128. The van der Waals surface area contributed by atoms with Gasteiger partial charge in [0.05, 0.1) is 113 Å². The third-order valence-electron chi connectivity index (χ3n) is 9.78. The van der Waals surface area contributed by atoms with Gasteiger partial charge in [-0.2, -0.15) is 0 Å². The van der Waals surface area contributed by atoms with Gasteiger partial charge in [-0.15, -0.1) is 5.10 Å². The number of amides is 6. The molecule has 27 nitrogen and oxygen atoms in total. The van der Waals surface area contributed by atoms with Gasteiger partial charge >= 0.3 is 23.9 Å². The van der Waals surface area contributed by atoms with Crippen molar-refractivity contribution in [2.75, 3.05) is 94.5 Å². The van der Waals surface area contributed by atoms with Crippen LogP contribution < -0.4 is 31.9 Å². The van der Waals surface area contributed by atoms with E-state index in [2.05, 4.69) is 56.4 Å². The second kappa shape index (κ2) is 36.5. The van der Waals surface area contributed by atoms with Gasteiger partial charge in [0.25, 0.3) is 0 Å². The highest BCUT2D eigenvalue weighted by molar-refractivity contribution is 5.98. The Morgan fingerprint density at radius 1 is 0.577 bits per heavy atom. The summed E-state index contributed by atoms with van der Waals surface area (Å²) in [6.45, 7) is 5.51. The number of rotatable bonds is 38. The minimum absolute atomic E-state index is 0.0624. The molecule has 0 saturated heterocycles. The Hall–Kier alpha value is -6.39. The maximum absolute atomic E-state index is 13.9. The molecule has 0 aliphatic rings. The van der Waals surface area contributed by atoms with Gasteiger partial charge in [-0.05, 0) is 32.1 Å². The zero-order chi connectivity index (χ0) is 53.1. The van der Waals surface area contributed by atoms with Gasteiger partial charge in [0.15, 0.2) is 0 Å². The highest BCUT2D eigenvalue weighted by Crippen LogP contribution is 2.09. The van der Waals surface area contributed by atoms with Crippen LogP contribution >= 0.6 is 0 Å². The van der Waals surface area contributed by atoms with E-state index in [4.69, 9.17) is 23.7 Å². The molecule has 28 heteroatoms. The van der Waals surface area contributed by atoms with Crippen molar-refractivity contribution >= 4 is 59.3 Å². The van der Waals surface area contributed by atoms with Crippen molar-refractivity contribution < 1.29 is 90.2 Å². The van der Waals surface area contributed by atoms with Gasteiger partial charge in [0, 0.05) is 19.2 Å². The fourth-order valence-electron chi connectivity index (χ4n) is 5.84. The number of nitrogens with one attached hydrogen (secondary N) is 6. The number of carbonyl (C=O) groups is 10. The van der Waals surface area contributed by atoms with Crippen LogP contribution in [0.15, 0.2) is 6.20 Å². The molecule has 6 amide bonds. The Kier molecular flexibility index (Phi) is 32.2. The highest BCUT2D eigenvalue weighted by atomic mass is 19.1. The first kappa shape index (κ1) is 62.6. The van der Waals surface area contributed by atoms with Crippen molar-refractivity contribution in [2.45, 2.75) is 102 Å². The molecule has 1 heterocycles. The first-order chi connectivity index (χ1) is 33.9. The molecular formula is C43H70FN9O18. The van der Waals surface area contributed by atoms with Gasteiger partial charge in [-0.3, -0.25) is 52.3 Å². The van der Waals surface area contributed by atoms with Crippen LogP contribution in [0.25, 0.3) is 0 Å². The zero-order valence-corrected chi connectivity index (χ0v) is 41.3. The molecule has 0 aromatic carbocycles. The third kappa shape index (κ3) is 27.6. The Balaban J connectivity index is 2.90. The van der Waals surface area contributed by atoms with Crippen molar-refractivity contribution in [2.24, 2.45) is 5.92 Å². The van der Waals surface area contributed by atoms with Crippen molar-refractivity contribution in [3.8, 4) is 0 Å². The number of methoxy groups -OCH3 is 4. The van der Waals surface area contributed by atoms with Gasteiger partial charge in [0.2, 0.25) is 35.4 Å². The van der Waals surface area contributed by atoms with E-state index in [1.54, 1.807) is 13.8 Å². The molecule has 2 unspecified atom stereocenters. The average Bonchev–Trinajstić information content (AvgIpc) is 3.79. The van der Waals surface area contributed by atoms with Crippen LogP contribution in [0.2, 0.25) is 0 Å². The lowest BCUT2D eigenvalue weighted by molar-refractivity contribution is -0.145. The third-order valence-corrected chi connectivity index (χ3v) is 9.78. The smallest absolute Gasteiger partial charge is 0.308 e. The minimum atomic E-state index is -1.62. The minimum Gasteiger partial charge on any atom is -0.469 e. The maximum Gasteiger partial charge on any atom is 0.308 e. The molecule has 0 fully saturated rings. The number of hydrogen-bond acceptors (Lipinski definition) is 20. The summed E-state index contributed by atoms with van der Waals surface area (Å²) in [7, 11) is 4.50. The lowest BCUT2D eigenvalue weighted by Gasteiger charge is -2.28. The Morgan fingerprint density at radius 2 is 1.07 bits per heavy atom. The van der Waals surface area contributed by atoms with E-state index in [1.807, 2.05) is 0 Å². The van der Waals surface area contributed by atoms with Gasteiger partial charge in [0.1, 0.15) is 36.8 Å². The SMILES string of the molecule is COC(=O)CCOCCOCCOCCOCCNC(=O)[C@H](C)NC(=O)C(CC(=O)OC)NC(=O)[C@@H](NC(=O)C(CCC(=O)OC)NC(=O)[C@H](CC(=O)OC)NC(=O)Cn1cc(CCCF)nn1)C(C)C. The van der Waals surface area contributed by atoms with E-state index in [0.29, 0.717) is 32.1 Å². The van der Waals surface area contributed by atoms with E-state index in [0.717, 1.165) is 26.0 Å². The van der Waals surface area contributed by atoms with Crippen LogP contribution in [0.4, 0.5) is 4.39 Å². The predicted molar refractivity (Wildman–Crippen MR) is 242 cm³/mol. The quantitative estimate of drug-likeness (QED) is 0.0220. The van der Waals surface area contributed by atoms with Gasteiger partial charge < -0.3 is 69.8 Å². The molecule has 5 atom stereocenters. The number of carbonyl (C=O) groups excluding carboxylic acids is 10. The van der Waals surface area contributed by atoms with Crippen molar-refractivity contribution in [1.82, 2.24) is 46.9 Å². The summed E-state index contributed by atoms with van der Waals surface area (Å²) in [5.41, 5.74) is 0.414. The van der Waals surface area contributed by atoms with E-state index < -0.39 is 122 Å². The molecule has 1 aromatic heterocycles. The summed E-state index contributed by atoms with van der Waals surface area (Å²) in [5, 5.41) is 22.3. The first-order valence-electron chi connectivity index (χ1n) is 22.7. The molecular weight excluding hydrogens is 950 g/mol. The summed E-state index contributed by atoms with van der Waals surface area (Å²) >= 11 is 0. The highest BCUT2D eigenvalue weighted by Gasteiger charge is 2.35. The molecule has 0 spiro atoms. The fraction of sp³-hybridized carbons (Fsp3) is 0.721. The number of esters is 4. The first-order valence-corrected chi connectivity index (χ1v) is 22.7. The summed E-state index contributed by atoms with van der Waals surface area (Å²) in [6, 6.07) is -7.41. The molecule has 402 valence electrons. The molecule has 0 saturated carbocycles. The lowest BCUT2D eigenvalue weighted by Crippen LogP contribution is -2.60.